The fourth-order valence-electron chi connectivity index (χ4n) is 1.34. The zero-order valence-electron chi connectivity index (χ0n) is 7.41. The van der Waals surface area contributed by atoms with Crippen molar-refractivity contribution in [3.8, 4) is 0 Å². The first kappa shape index (κ1) is 7.35. The average molecular weight is 160 g/mol. The van der Waals surface area contributed by atoms with Crippen LogP contribution in [0, 0.1) is 0 Å². The number of amidine groups is 1. The maximum Gasteiger partial charge on any atom is 0.131 e. The molecule has 0 aromatic heterocycles. The van der Waals surface area contributed by atoms with Crippen LogP contribution in [-0.2, 0) is 0 Å². The van der Waals surface area contributed by atoms with Crippen molar-refractivity contribution in [2.45, 2.75) is 13.8 Å². The first-order chi connectivity index (χ1) is 5.75. The molecule has 0 aromatic carbocycles. The molecule has 62 valence electrons. The molecule has 2 heterocycles. The second-order valence-corrected chi connectivity index (χ2v) is 3.26. The monoisotopic (exact) mass is 160 g/mol. The van der Waals surface area contributed by atoms with Crippen molar-refractivity contribution in [2.75, 3.05) is 6.54 Å². The SMILES string of the molecule is CC1=CN2C=C(C)CN=C2C=C1. The van der Waals surface area contributed by atoms with Crippen molar-refractivity contribution in [2.24, 2.45) is 4.99 Å². The number of allylic oxidation sites excluding steroid dienone is 2. The van der Waals surface area contributed by atoms with E-state index in [9.17, 15) is 0 Å². The van der Waals surface area contributed by atoms with Gasteiger partial charge >= 0.3 is 0 Å². The van der Waals surface area contributed by atoms with Crippen LogP contribution in [0.4, 0.5) is 0 Å². The smallest absolute Gasteiger partial charge is 0.131 e. The molecule has 12 heavy (non-hydrogen) atoms. The Morgan fingerprint density at radius 1 is 1.25 bits per heavy atom. The van der Waals surface area contributed by atoms with Crippen LogP contribution in [-0.4, -0.2) is 17.3 Å². The summed E-state index contributed by atoms with van der Waals surface area (Å²) in [5.74, 6) is 1.05. The summed E-state index contributed by atoms with van der Waals surface area (Å²) in [6.45, 7) is 5.02. The molecule has 2 rings (SSSR count). The van der Waals surface area contributed by atoms with Gasteiger partial charge in [0.15, 0.2) is 0 Å². The van der Waals surface area contributed by atoms with Gasteiger partial charge in [-0.2, -0.15) is 0 Å². The van der Waals surface area contributed by atoms with Gasteiger partial charge in [0.1, 0.15) is 5.84 Å². The lowest BCUT2D eigenvalue weighted by molar-refractivity contribution is 0.712. The quantitative estimate of drug-likeness (QED) is 0.529. The molecule has 2 aliphatic rings. The van der Waals surface area contributed by atoms with Crippen molar-refractivity contribution < 1.29 is 0 Å². The largest absolute Gasteiger partial charge is 0.309 e. The van der Waals surface area contributed by atoms with Crippen LogP contribution in [0.3, 0.4) is 0 Å². The van der Waals surface area contributed by atoms with Crippen LogP contribution >= 0.6 is 0 Å². The van der Waals surface area contributed by atoms with Crippen molar-refractivity contribution in [1.29, 1.82) is 0 Å². The molecular weight excluding hydrogens is 148 g/mol. The summed E-state index contributed by atoms with van der Waals surface area (Å²) < 4.78 is 0. The molecule has 0 amide bonds. The van der Waals surface area contributed by atoms with E-state index in [0.717, 1.165) is 12.4 Å². The fourth-order valence-corrected chi connectivity index (χ4v) is 1.34. The first-order valence-corrected chi connectivity index (χ1v) is 4.12. The Hall–Kier alpha value is -1.31. The lowest BCUT2D eigenvalue weighted by atomic mass is 10.2. The van der Waals surface area contributed by atoms with Gasteiger partial charge in [-0.25, -0.2) is 0 Å². The Labute approximate surface area is 72.6 Å². The number of rotatable bonds is 0. The van der Waals surface area contributed by atoms with Crippen molar-refractivity contribution in [3.05, 3.63) is 35.7 Å². The Morgan fingerprint density at radius 3 is 2.92 bits per heavy atom. The second kappa shape index (κ2) is 2.63. The molecule has 0 unspecified atom stereocenters. The maximum absolute atomic E-state index is 4.41. The Kier molecular flexibility index (Phi) is 1.61. The molecular formula is C10H12N2. The van der Waals surface area contributed by atoms with Gasteiger partial charge in [-0.1, -0.05) is 6.08 Å². The minimum absolute atomic E-state index is 0.836. The molecule has 0 aromatic rings. The average Bonchev–Trinajstić information content (AvgIpc) is 2.03. The highest BCUT2D eigenvalue weighted by Gasteiger charge is 2.11. The van der Waals surface area contributed by atoms with E-state index in [2.05, 4.69) is 48.3 Å². The van der Waals surface area contributed by atoms with Gasteiger partial charge in [0, 0.05) is 12.4 Å². The fraction of sp³-hybridized carbons (Fsp3) is 0.300. The molecule has 0 atom stereocenters. The summed E-state index contributed by atoms with van der Waals surface area (Å²) in [5.41, 5.74) is 2.57. The predicted octanol–water partition coefficient (Wildman–Crippen LogP) is 2.08. The zero-order chi connectivity index (χ0) is 8.55. The first-order valence-electron chi connectivity index (χ1n) is 4.12. The van der Waals surface area contributed by atoms with Crippen LogP contribution in [0.5, 0.6) is 0 Å². The molecule has 0 N–H and O–H groups in total. The van der Waals surface area contributed by atoms with E-state index >= 15 is 0 Å². The van der Waals surface area contributed by atoms with Crippen LogP contribution in [0.25, 0.3) is 0 Å². The van der Waals surface area contributed by atoms with Gasteiger partial charge < -0.3 is 4.90 Å². The van der Waals surface area contributed by atoms with Crippen LogP contribution in [0.1, 0.15) is 13.8 Å². The molecule has 2 aliphatic heterocycles. The molecule has 2 heteroatoms. The number of hydrogen-bond donors (Lipinski definition) is 0. The summed E-state index contributed by atoms with van der Waals surface area (Å²) in [6, 6.07) is 0. The third kappa shape index (κ3) is 1.20. The highest BCUT2D eigenvalue weighted by atomic mass is 15.2. The van der Waals surface area contributed by atoms with Gasteiger partial charge in [0.2, 0.25) is 0 Å². The summed E-state index contributed by atoms with van der Waals surface area (Å²) in [7, 11) is 0. The topological polar surface area (TPSA) is 15.6 Å². The molecule has 0 aliphatic carbocycles. The Bertz CT molecular complexity index is 319. The van der Waals surface area contributed by atoms with Gasteiger partial charge in [-0.05, 0) is 31.1 Å². The Balaban J connectivity index is 2.33. The van der Waals surface area contributed by atoms with Crippen molar-refractivity contribution in [1.82, 2.24) is 4.90 Å². The predicted molar refractivity (Wildman–Crippen MR) is 50.8 cm³/mol. The highest BCUT2D eigenvalue weighted by molar-refractivity contribution is 5.96. The summed E-state index contributed by atoms with van der Waals surface area (Å²) in [5, 5.41) is 0. The van der Waals surface area contributed by atoms with E-state index in [4.69, 9.17) is 0 Å². The number of aliphatic imine (C=N–C) groups is 1. The minimum atomic E-state index is 0.836. The van der Waals surface area contributed by atoms with Crippen molar-refractivity contribution in [3.63, 3.8) is 0 Å². The summed E-state index contributed by atoms with van der Waals surface area (Å²) in [6.07, 6.45) is 8.37. The lowest BCUT2D eigenvalue weighted by Gasteiger charge is -2.24. The van der Waals surface area contributed by atoms with Gasteiger partial charge in [0.05, 0.1) is 6.54 Å². The van der Waals surface area contributed by atoms with Crippen LogP contribution < -0.4 is 0 Å². The van der Waals surface area contributed by atoms with Gasteiger partial charge in [0.25, 0.3) is 0 Å². The number of hydrogen-bond acceptors (Lipinski definition) is 2. The van der Waals surface area contributed by atoms with E-state index in [1.807, 2.05) is 0 Å². The zero-order valence-corrected chi connectivity index (χ0v) is 7.41. The van der Waals surface area contributed by atoms with E-state index < -0.39 is 0 Å². The molecule has 0 spiro atoms. The minimum Gasteiger partial charge on any atom is -0.309 e. The van der Waals surface area contributed by atoms with E-state index in [0.29, 0.717) is 0 Å². The molecule has 0 saturated heterocycles. The highest BCUT2D eigenvalue weighted by Crippen LogP contribution is 2.15. The third-order valence-electron chi connectivity index (χ3n) is 1.95. The molecule has 0 bridgehead atoms. The van der Waals surface area contributed by atoms with Crippen LogP contribution in [0.15, 0.2) is 40.7 Å². The Morgan fingerprint density at radius 2 is 2.08 bits per heavy atom. The number of nitrogens with zero attached hydrogens (tertiary/aromatic N) is 2. The molecule has 0 fully saturated rings. The second-order valence-electron chi connectivity index (χ2n) is 3.26. The molecule has 2 nitrogen and oxygen atoms in total. The van der Waals surface area contributed by atoms with Gasteiger partial charge in [-0.15, -0.1) is 0 Å². The third-order valence-corrected chi connectivity index (χ3v) is 1.95. The van der Waals surface area contributed by atoms with Gasteiger partial charge in [-0.3, -0.25) is 4.99 Å². The van der Waals surface area contributed by atoms with Crippen molar-refractivity contribution >= 4 is 5.84 Å². The normalized spacial score (nSPS) is 21.2. The molecule has 0 saturated carbocycles. The van der Waals surface area contributed by atoms with E-state index in [1.165, 1.54) is 11.1 Å². The maximum atomic E-state index is 4.41. The molecule has 0 radical (unpaired) electrons. The lowest BCUT2D eigenvalue weighted by Crippen LogP contribution is -2.24. The standard InChI is InChI=1S/C10H12N2/c1-8-3-4-10-11-5-9(2)7-12(10)6-8/h3-4,6-7H,5H2,1-2H3. The van der Waals surface area contributed by atoms with Crippen LogP contribution in [0.2, 0.25) is 0 Å². The summed E-state index contributed by atoms with van der Waals surface area (Å²) in [4.78, 5) is 6.49. The van der Waals surface area contributed by atoms with E-state index in [1.54, 1.807) is 0 Å². The van der Waals surface area contributed by atoms with E-state index in [-0.39, 0.29) is 0 Å². The summed E-state index contributed by atoms with van der Waals surface area (Å²) >= 11 is 0. The number of fused-ring (bicyclic) bond motifs is 1.